The Hall–Kier alpha value is -2.07. The summed E-state index contributed by atoms with van der Waals surface area (Å²) in [5, 5.41) is 11.9. The van der Waals surface area contributed by atoms with Crippen molar-refractivity contribution in [3.05, 3.63) is 28.2 Å². The van der Waals surface area contributed by atoms with Crippen molar-refractivity contribution in [3.8, 4) is 6.07 Å². The number of piperazine rings is 2. The van der Waals surface area contributed by atoms with Crippen LogP contribution in [0.4, 0.5) is 5.69 Å². The van der Waals surface area contributed by atoms with Gasteiger partial charge in [0.05, 0.1) is 17.3 Å². The quantitative estimate of drug-likeness (QED) is 0.748. The van der Waals surface area contributed by atoms with Crippen molar-refractivity contribution in [2.24, 2.45) is 0 Å². The Morgan fingerprint density at radius 3 is 2.90 bits per heavy atom. The van der Waals surface area contributed by atoms with Gasteiger partial charge in [-0.3, -0.25) is 9.59 Å². The lowest BCUT2D eigenvalue weighted by atomic mass is 10.1. The highest BCUT2D eigenvalue weighted by atomic mass is 79.9. The molecule has 0 unspecified atom stereocenters. The number of carbonyl (C=O) groups excluding carboxylic acids is 2. The number of halogens is 1. The lowest BCUT2D eigenvalue weighted by Crippen LogP contribution is -2.65. The Labute approximate surface area is 130 Å². The predicted octanol–water partition coefficient (Wildman–Crippen LogP) is 0.468. The molecule has 1 aromatic carbocycles. The maximum absolute atomic E-state index is 11.8. The Morgan fingerprint density at radius 2 is 2.14 bits per heavy atom. The standard InChI is InChI=1S/C14H13BrN4O2/c15-10-1-2-12(9(5-10)6-16)18-3-4-19-11(8-18)7-17-13(20)14(19)21/h1-2,5,11H,3-4,7-8H2,(H,17,20)/t11-/m0/s1. The fourth-order valence-electron chi connectivity index (χ4n) is 2.81. The van der Waals surface area contributed by atoms with Crippen LogP contribution in [-0.4, -0.2) is 48.9 Å². The van der Waals surface area contributed by atoms with Gasteiger partial charge in [0.15, 0.2) is 0 Å². The number of benzene rings is 1. The number of hydrogen-bond donors (Lipinski definition) is 1. The molecule has 108 valence electrons. The minimum Gasteiger partial charge on any atom is -0.367 e. The number of nitriles is 1. The van der Waals surface area contributed by atoms with Gasteiger partial charge in [0.1, 0.15) is 6.07 Å². The maximum atomic E-state index is 11.8. The Balaban J connectivity index is 1.83. The van der Waals surface area contributed by atoms with Gasteiger partial charge < -0.3 is 15.1 Å². The summed E-state index contributed by atoms with van der Waals surface area (Å²) in [5.41, 5.74) is 1.47. The molecule has 3 rings (SSSR count). The van der Waals surface area contributed by atoms with Crippen LogP contribution in [-0.2, 0) is 9.59 Å². The first kappa shape index (κ1) is 13.9. The topological polar surface area (TPSA) is 76.4 Å². The van der Waals surface area contributed by atoms with E-state index in [4.69, 9.17) is 0 Å². The molecule has 2 amide bonds. The molecule has 0 bridgehead atoms. The van der Waals surface area contributed by atoms with E-state index in [1.165, 1.54) is 0 Å². The van der Waals surface area contributed by atoms with Gasteiger partial charge in [-0.15, -0.1) is 0 Å². The van der Waals surface area contributed by atoms with E-state index in [9.17, 15) is 14.9 Å². The van der Waals surface area contributed by atoms with Crippen molar-refractivity contribution in [1.29, 1.82) is 5.26 Å². The highest BCUT2D eigenvalue weighted by Crippen LogP contribution is 2.26. The summed E-state index contributed by atoms with van der Waals surface area (Å²) in [6.07, 6.45) is 0. The molecule has 1 atom stereocenters. The molecule has 0 spiro atoms. The second-order valence-electron chi connectivity index (χ2n) is 5.08. The first-order chi connectivity index (χ1) is 10.1. The van der Waals surface area contributed by atoms with E-state index >= 15 is 0 Å². The smallest absolute Gasteiger partial charge is 0.312 e. The van der Waals surface area contributed by atoms with Crippen molar-refractivity contribution in [2.45, 2.75) is 6.04 Å². The summed E-state index contributed by atoms with van der Waals surface area (Å²) in [4.78, 5) is 26.9. The summed E-state index contributed by atoms with van der Waals surface area (Å²) in [6, 6.07) is 7.75. The molecule has 1 aromatic rings. The molecule has 0 radical (unpaired) electrons. The molecular formula is C14H13BrN4O2. The Bertz CT molecular complexity index is 655. The van der Waals surface area contributed by atoms with Gasteiger partial charge in [0.2, 0.25) is 0 Å². The normalized spacial score (nSPS) is 21.6. The fraction of sp³-hybridized carbons (Fsp3) is 0.357. The number of amides is 2. The van der Waals surface area contributed by atoms with Crippen molar-refractivity contribution in [1.82, 2.24) is 10.2 Å². The zero-order chi connectivity index (χ0) is 15.0. The summed E-state index contributed by atoms with van der Waals surface area (Å²) < 4.78 is 0.863. The van der Waals surface area contributed by atoms with Crippen LogP contribution in [0.15, 0.2) is 22.7 Å². The van der Waals surface area contributed by atoms with Gasteiger partial charge in [0.25, 0.3) is 0 Å². The number of anilines is 1. The highest BCUT2D eigenvalue weighted by molar-refractivity contribution is 9.10. The summed E-state index contributed by atoms with van der Waals surface area (Å²) in [6.45, 7) is 2.19. The van der Waals surface area contributed by atoms with Crippen LogP contribution in [0.2, 0.25) is 0 Å². The molecule has 2 heterocycles. The van der Waals surface area contributed by atoms with Crippen molar-refractivity contribution >= 4 is 33.4 Å². The number of nitrogens with zero attached hydrogens (tertiary/aromatic N) is 3. The van der Waals surface area contributed by atoms with Crippen LogP contribution in [0.25, 0.3) is 0 Å². The molecule has 0 saturated carbocycles. The highest BCUT2D eigenvalue weighted by Gasteiger charge is 2.37. The van der Waals surface area contributed by atoms with Crippen molar-refractivity contribution in [3.63, 3.8) is 0 Å². The maximum Gasteiger partial charge on any atom is 0.312 e. The van der Waals surface area contributed by atoms with Gasteiger partial charge in [-0.25, -0.2) is 0 Å². The van der Waals surface area contributed by atoms with Gasteiger partial charge in [-0.2, -0.15) is 5.26 Å². The van der Waals surface area contributed by atoms with E-state index in [-0.39, 0.29) is 6.04 Å². The fourth-order valence-corrected chi connectivity index (χ4v) is 3.17. The van der Waals surface area contributed by atoms with Gasteiger partial charge in [-0.05, 0) is 18.2 Å². The number of carbonyl (C=O) groups is 2. The molecule has 7 heteroatoms. The minimum absolute atomic E-state index is 0.0425. The van der Waals surface area contributed by atoms with Crippen molar-refractivity contribution < 1.29 is 9.59 Å². The van der Waals surface area contributed by atoms with Crippen LogP contribution in [0.1, 0.15) is 5.56 Å². The SMILES string of the molecule is N#Cc1cc(Br)ccc1N1CCN2C(=O)C(=O)NC[C@H]2C1. The molecule has 2 aliphatic rings. The zero-order valence-corrected chi connectivity index (χ0v) is 12.8. The van der Waals surface area contributed by atoms with Gasteiger partial charge in [0, 0.05) is 30.7 Å². The van der Waals surface area contributed by atoms with E-state index in [2.05, 4.69) is 32.2 Å². The van der Waals surface area contributed by atoms with Gasteiger partial charge >= 0.3 is 11.8 Å². The number of rotatable bonds is 1. The molecule has 2 fully saturated rings. The largest absolute Gasteiger partial charge is 0.367 e. The monoisotopic (exact) mass is 348 g/mol. The number of nitrogens with one attached hydrogen (secondary N) is 1. The molecule has 2 aliphatic heterocycles. The Kier molecular flexibility index (Phi) is 3.55. The van der Waals surface area contributed by atoms with Crippen LogP contribution in [0.3, 0.4) is 0 Å². The average molecular weight is 349 g/mol. The van der Waals surface area contributed by atoms with Crippen LogP contribution < -0.4 is 10.2 Å². The van der Waals surface area contributed by atoms with Crippen LogP contribution in [0, 0.1) is 11.3 Å². The van der Waals surface area contributed by atoms with Crippen LogP contribution >= 0.6 is 15.9 Å². The average Bonchev–Trinajstić information content (AvgIpc) is 2.50. The summed E-state index contributed by atoms with van der Waals surface area (Å²) >= 11 is 3.36. The molecule has 21 heavy (non-hydrogen) atoms. The number of hydrogen-bond acceptors (Lipinski definition) is 4. The van der Waals surface area contributed by atoms with Crippen LogP contribution in [0.5, 0.6) is 0 Å². The second kappa shape index (κ2) is 5.37. The zero-order valence-electron chi connectivity index (χ0n) is 11.2. The lowest BCUT2D eigenvalue weighted by Gasteiger charge is -2.44. The Morgan fingerprint density at radius 1 is 1.33 bits per heavy atom. The third-order valence-corrected chi connectivity index (χ3v) is 4.35. The van der Waals surface area contributed by atoms with E-state index < -0.39 is 11.8 Å². The third kappa shape index (κ3) is 2.47. The van der Waals surface area contributed by atoms with E-state index in [0.29, 0.717) is 31.7 Å². The van der Waals surface area contributed by atoms with E-state index in [1.807, 2.05) is 12.1 Å². The van der Waals surface area contributed by atoms with E-state index in [0.717, 1.165) is 10.2 Å². The molecule has 6 nitrogen and oxygen atoms in total. The summed E-state index contributed by atoms with van der Waals surface area (Å²) in [5.74, 6) is -0.983. The number of fused-ring (bicyclic) bond motifs is 1. The lowest BCUT2D eigenvalue weighted by molar-refractivity contribution is -0.150. The first-order valence-electron chi connectivity index (χ1n) is 6.63. The predicted molar refractivity (Wildman–Crippen MR) is 79.6 cm³/mol. The first-order valence-corrected chi connectivity index (χ1v) is 7.43. The third-order valence-electron chi connectivity index (χ3n) is 3.86. The van der Waals surface area contributed by atoms with E-state index in [1.54, 1.807) is 11.0 Å². The minimum atomic E-state index is -0.527. The summed E-state index contributed by atoms with van der Waals surface area (Å²) in [7, 11) is 0. The molecule has 0 aliphatic carbocycles. The molecule has 1 N–H and O–H groups in total. The molecule has 2 saturated heterocycles. The second-order valence-corrected chi connectivity index (χ2v) is 6.00. The van der Waals surface area contributed by atoms with Crippen molar-refractivity contribution in [2.75, 3.05) is 31.1 Å². The van der Waals surface area contributed by atoms with Gasteiger partial charge in [-0.1, -0.05) is 15.9 Å². The molecular weight excluding hydrogens is 336 g/mol. The molecule has 0 aromatic heterocycles.